The smallest absolute Gasteiger partial charge is 0.274 e. The molecule has 0 aromatic carbocycles. The minimum atomic E-state index is -4.02. The fourth-order valence-electron chi connectivity index (χ4n) is 1.53. The van der Waals surface area contributed by atoms with Gasteiger partial charge in [0, 0.05) is 0 Å². The van der Waals surface area contributed by atoms with Crippen LogP contribution in [0.15, 0.2) is 24.3 Å². The van der Waals surface area contributed by atoms with Crippen molar-refractivity contribution in [2.45, 2.75) is 25.0 Å². The van der Waals surface area contributed by atoms with Crippen LogP contribution in [-0.4, -0.2) is 17.7 Å². The van der Waals surface area contributed by atoms with Crippen molar-refractivity contribution in [2.75, 3.05) is 0 Å². The molecule has 0 radical (unpaired) electrons. The minimum absolute atomic E-state index is 0.135. The van der Waals surface area contributed by atoms with Gasteiger partial charge in [0.1, 0.15) is 4.75 Å². The first-order valence-electron chi connectivity index (χ1n) is 4.21. The average Bonchev–Trinajstić information content (AvgIpc) is 2.03. The zero-order valence-corrected chi connectivity index (χ0v) is 8.58. The van der Waals surface area contributed by atoms with E-state index in [1.165, 1.54) is 0 Å². The number of rotatable bonds is 2. The van der Waals surface area contributed by atoms with Gasteiger partial charge >= 0.3 is 0 Å². The second-order valence-electron chi connectivity index (χ2n) is 3.58. The lowest BCUT2D eigenvalue weighted by atomic mass is 9.88. The second-order valence-corrected chi connectivity index (χ2v) is 5.29. The van der Waals surface area contributed by atoms with Crippen molar-refractivity contribution in [3.63, 3.8) is 0 Å². The van der Waals surface area contributed by atoms with Crippen molar-refractivity contribution in [1.82, 2.24) is 0 Å². The Morgan fingerprint density at radius 3 is 2.23 bits per heavy atom. The third-order valence-corrected chi connectivity index (χ3v) is 4.25. The summed E-state index contributed by atoms with van der Waals surface area (Å²) >= 11 is 0. The number of allylic oxidation sites excluding steroid dienone is 3. The molecule has 0 spiro atoms. The van der Waals surface area contributed by atoms with E-state index in [2.05, 4.69) is 0 Å². The zero-order chi connectivity index (χ0) is 10.1. The summed E-state index contributed by atoms with van der Waals surface area (Å²) in [5.74, 6) is -0.135. The van der Waals surface area contributed by atoms with Gasteiger partial charge in [-0.3, -0.25) is 4.55 Å². The number of hydrogen-bond acceptors (Lipinski definition) is 2. The quantitative estimate of drug-likeness (QED) is 0.694. The molecule has 0 aromatic heterocycles. The van der Waals surface area contributed by atoms with Gasteiger partial charge in [-0.05, 0) is 12.3 Å². The number of hydrogen-bond donors (Lipinski definition) is 1. The lowest BCUT2D eigenvalue weighted by Crippen LogP contribution is -2.41. The Morgan fingerprint density at radius 1 is 1.38 bits per heavy atom. The highest BCUT2D eigenvalue weighted by atomic mass is 32.2. The molecular weight excluding hydrogens is 188 g/mol. The molecule has 3 nitrogen and oxygen atoms in total. The van der Waals surface area contributed by atoms with E-state index < -0.39 is 14.9 Å². The van der Waals surface area contributed by atoms with E-state index in [0.717, 1.165) is 0 Å². The predicted molar refractivity (Wildman–Crippen MR) is 52.0 cm³/mol. The molecule has 0 bridgehead atoms. The first-order chi connectivity index (χ1) is 5.90. The molecule has 0 fully saturated rings. The van der Waals surface area contributed by atoms with Gasteiger partial charge in [-0.1, -0.05) is 38.2 Å². The molecule has 0 saturated heterocycles. The Morgan fingerprint density at radius 2 is 2.00 bits per heavy atom. The highest BCUT2D eigenvalue weighted by Crippen LogP contribution is 2.33. The first-order valence-corrected chi connectivity index (χ1v) is 5.65. The highest BCUT2D eigenvalue weighted by molar-refractivity contribution is 7.87. The summed E-state index contributed by atoms with van der Waals surface area (Å²) in [6, 6.07) is 0. The van der Waals surface area contributed by atoms with Crippen LogP contribution in [0.3, 0.4) is 0 Å². The lowest BCUT2D eigenvalue weighted by Gasteiger charge is -2.31. The summed E-state index contributed by atoms with van der Waals surface area (Å²) in [4.78, 5) is 0. The van der Waals surface area contributed by atoms with Gasteiger partial charge in [0.25, 0.3) is 10.1 Å². The van der Waals surface area contributed by atoms with Crippen molar-refractivity contribution in [3.05, 3.63) is 24.3 Å². The molecular formula is C9H14O3S. The maximum Gasteiger partial charge on any atom is 0.274 e. The maximum atomic E-state index is 11.2. The lowest BCUT2D eigenvalue weighted by molar-refractivity contribution is 0.399. The van der Waals surface area contributed by atoms with E-state index >= 15 is 0 Å². The fourth-order valence-corrected chi connectivity index (χ4v) is 2.69. The second kappa shape index (κ2) is 3.27. The van der Waals surface area contributed by atoms with Gasteiger partial charge in [-0.15, -0.1) is 0 Å². The van der Waals surface area contributed by atoms with E-state index in [0.29, 0.717) is 6.42 Å². The predicted octanol–water partition coefficient (Wildman–Crippen LogP) is 1.79. The monoisotopic (exact) mass is 202 g/mol. The highest BCUT2D eigenvalue weighted by Gasteiger charge is 2.43. The molecule has 1 N–H and O–H groups in total. The van der Waals surface area contributed by atoms with Crippen molar-refractivity contribution in [3.8, 4) is 0 Å². The summed E-state index contributed by atoms with van der Waals surface area (Å²) in [5, 5.41) is 0. The molecule has 0 amide bonds. The van der Waals surface area contributed by atoms with Crippen LogP contribution in [0.4, 0.5) is 0 Å². The van der Waals surface area contributed by atoms with E-state index in [1.807, 2.05) is 0 Å². The third-order valence-electron chi connectivity index (χ3n) is 2.52. The topological polar surface area (TPSA) is 54.4 Å². The molecule has 1 aliphatic carbocycles. The van der Waals surface area contributed by atoms with E-state index in [4.69, 9.17) is 4.55 Å². The van der Waals surface area contributed by atoms with Crippen LogP contribution in [-0.2, 0) is 10.1 Å². The summed E-state index contributed by atoms with van der Waals surface area (Å²) < 4.78 is 30.5. The molecule has 0 aromatic rings. The van der Waals surface area contributed by atoms with Gasteiger partial charge in [0.05, 0.1) is 0 Å². The first kappa shape index (κ1) is 10.5. The Balaban J connectivity index is 3.19. The van der Waals surface area contributed by atoms with Crippen LogP contribution in [0.25, 0.3) is 0 Å². The van der Waals surface area contributed by atoms with Crippen molar-refractivity contribution >= 4 is 10.1 Å². The Kier molecular flexibility index (Phi) is 2.63. The molecule has 1 unspecified atom stereocenters. The Bertz CT molecular complexity index is 338. The molecule has 13 heavy (non-hydrogen) atoms. The van der Waals surface area contributed by atoms with Gasteiger partial charge < -0.3 is 0 Å². The molecule has 1 aliphatic rings. The Labute approximate surface area is 78.9 Å². The van der Waals surface area contributed by atoms with Crippen molar-refractivity contribution in [1.29, 1.82) is 0 Å². The van der Waals surface area contributed by atoms with Crippen molar-refractivity contribution < 1.29 is 13.0 Å². The fraction of sp³-hybridized carbons (Fsp3) is 0.556. The molecule has 0 heterocycles. The van der Waals surface area contributed by atoms with Gasteiger partial charge in [0.2, 0.25) is 0 Å². The largest absolute Gasteiger partial charge is 0.285 e. The third kappa shape index (κ3) is 1.69. The van der Waals surface area contributed by atoms with Crippen LogP contribution < -0.4 is 0 Å². The van der Waals surface area contributed by atoms with Crippen LogP contribution in [0.5, 0.6) is 0 Å². The maximum absolute atomic E-state index is 11.2. The SMILES string of the molecule is CC(C)C1(S(=O)(=O)O)C=CC=CC1. The molecule has 1 rings (SSSR count). The summed E-state index contributed by atoms with van der Waals surface area (Å²) in [6.45, 7) is 3.58. The zero-order valence-electron chi connectivity index (χ0n) is 7.77. The summed E-state index contributed by atoms with van der Waals surface area (Å²) in [6.07, 6.45) is 7.11. The van der Waals surface area contributed by atoms with Crippen LogP contribution in [0, 0.1) is 5.92 Å². The van der Waals surface area contributed by atoms with Gasteiger partial charge in [-0.2, -0.15) is 8.42 Å². The van der Waals surface area contributed by atoms with Crippen molar-refractivity contribution in [2.24, 2.45) is 5.92 Å². The normalized spacial score (nSPS) is 28.3. The van der Waals surface area contributed by atoms with E-state index in [-0.39, 0.29) is 5.92 Å². The van der Waals surface area contributed by atoms with Crippen LogP contribution in [0.2, 0.25) is 0 Å². The molecule has 74 valence electrons. The van der Waals surface area contributed by atoms with E-state index in [1.54, 1.807) is 38.2 Å². The van der Waals surface area contributed by atoms with Crippen LogP contribution in [0.1, 0.15) is 20.3 Å². The average molecular weight is 202 g/mol. The molecule has 1 atom stereocenters. The molecule has 0 aliphatic heterocycles. The van der Waals surface area contributed by atoms with E-state index in [9.17, 15) is 8.42 Å². The standard InChI is InChI=1S/C9H14O3S/c1-8(2)9(13(10,11)12)6-4-3-5-7-9/h3-6,8H,7H2,1-2H3,(H,10,11,12). The molecule has 4 heteroatoms. The van der Waals surface area contributed by atoms with Crippen LogP contribution >= 0.6 is 0 Å². The summed E-state index contributed by atoms with van der Waals surface area (Å²) in [7, 11) is -4.02. The van der Waals surface area contributed by atoms with Gasteiger partial charge in [-0.25, -0.2) is 0 Å². The van der Waals surface area contributed by atoms with Gasteiger partial charge in [0.15, 0.2) is 0 Å². The molecule has 0 saturated carbocycles. The Hall–Kier alpha value is -0.610. The summed E-state index contributed by atoms with van der Waals surface area (Å²) in [5.41, 5.74) is 0. The minimum Gasteiger partial charge on any atom is -0.285 e.